The molecule has 1 N–H and O–H groups in total. The largest absolute Gasteiger partial charge is 0.368 e. The molecule has 76 valence electrons. The summed E-state index contributed by atoms with van der Waals surface area (Å²) < 4.78 is 0. The average Bonchev–Trinajstić information content (AvgIpc) is 2.15. The summed E-state index contributed by atoms with van der Waals surface area (Å²) >= 11 is 0. The molecule has 0 bridgehead atoms. The number of allylic oxidation sites excluding steroid dienone is 1. The van der Waals surface area contributed by atoms with Gasteiger partial charge in [-0.3, -0.25) is 0 Å². The van der Waals surface area contributed by atoms with Crippen molar-refractivity contribution < 1.29 is 0 Å². The van der Waals surface area contributed by atoms with E-state index in [-0.39, 0.29) is 0 Å². The molecule has 1 rings (SSSR count). The van der Waals surface area contributed by atoms with Gasteiger partial charge in [-0.25, -0.2) is 4.98 Å². The molecule has 1 unspecified atom stereocenters. The van der Waals surface area contributed by atoms with Gasteiger partial charge in [0.1, 0.15) is 5.82 Å². The summed E-state index contributed by atoms with van der Waals surface area (Å²) in [6.45, 7) is 7.87. The monoisotopic (exact) mass is 190 g/mol. The number of nitrogens with zero attached hydrogens (tertiary/aromatic N) is 1. The average molecular weight is 190 g/mol. The predicted molar refractivity (Wildman–Crippen MR) is 61.5 cm³/mol. The minimum absolute atomic E-state index is 0.447. The number of nitrogens with one attached hydrogen (secondary N) is 1. The summed E-state index contributed by atoms with van der Waals surface area (Å²) in [5, 5.41) is 3.36. The summed E-state index contributed by atoms with van der Waals surface area (Å²) in [5.74, 6) is 0.960. The van der Waals surface area contributed by atoms with Crippen molar-refractivity contribution in [3.63, 3.8) is 0 Å². The van der Waals surface area contributed by atoms with Crippen LogP contribution in [0, 0.1) is 6.92 Å². The van der Waals surface area contributed by atoms with Crippen LogP contribution < -0.4 is 5.32 Å². The number of hydrogen-bond acceptors (Lipinski definition) is 2. The minimum Gasteiger partial charge on any atom is -0.368 e. The molecule has 0 aromatic carbocycles. The van der Waals surface area contributed by atoms with Gasteiger partial charge in [-0.05, 0) is 38.8 Å². The fraction of sp³-hybridized carbons (Fsp3) is 0.417. The molecule has 1 atom stereocenters. The van der Waals surface area contributed by atoms with E-state index in [1.807, 2.05) is 31.2 Å². The number of anilines is 1. The zero-order valence-electron chi connectivity index (χ0n) is 8.96. The van der Waals surface area contributed by atoms with Crippen LogP contribution in [0.1, 0.15) is 25.5 Å². The SMILES string of the molecule is C=CCCC(C)Nc1cccc(C)n1. The molecule has 1 heterocycles. The molecular weight excluding hydrogens is 172 g/mol. The summed E-state index contributed by atoms with van der Waals surface area (Å²) in [5.41, 5.74) is 1.05. The Labute approximate surface area is 86.1 Å². The molecule has 1 aromatic heterocycles. The van der Waals surface area contributed by atoms with Gasteiger partial charge in [-0.2, -0.15) is 0 Å². The van der Waals surface area contributed by atoms with Gasteiger partial charge in [-0.15, -0.1) is 6.58 Å². The van der Waals surface area contributed by atoms with E-state index in [1.165, 1.54) is 0 Å². The minimum atomic E-state index is 0.447. The molecular formula is C12H18N2. The molecule has 0 fully saturated rings. The van der Waals surface area contributed by atoms with Crippen LogP contribution in [0.2, 0.25) is 0 Å². The van der Waals surface area contributed by atoms with E-state index in [0.29, 0.717) is 6.04 Å². The Morgan fingerprint density at radius 2 is 2.36 bits per heavy atom. The second-order valence-corrected chi connectivity index (χ2v) is 3.58. The summed E-state index contributed by atoms with van der Waals surface area (Å²) in [4.78, 5) is 4.38. The first-order valence-corrected chi connectivity index (χ1v) is 5.03. The van der Waals surface area contributed by atoms with Gasteiger partial charge >= 0.3 is 0 Å². The highest BCUT2D eigenvalue weighted by atomic mass is 15.0. The third-order valence-corrected chi connectivity index (χ3v) is 2.09. The van der Waals surface area contributed by atoms with Gasteiger partial charge in [0.05, 0.1) is 0 Å². The summed E-state index contributed by atoms with van der Waals surface area (Å²) in [7, 11) is 0. The third kappa shape index (κ3) is 3.60. The maximum atomic E-state index is 4.38. The molecule has 0 radical (unpaired) electrons. The highest BCUT2D eigenvalue weighted by Gasteiger charge is 2.00. The lowest BCUT2D eigenvalue weighted by atomic mass is 10.2. The zero-order chi connectivity index (χ0) is 10.4. The maximum Gasteiger partial charge on any atom is 0.126 e. The van der Waals surface area contributed by atoms with E-state index < -0.39 is 0 Å². The van der Waals surface area contributed by atoms with Gasteiger partial charge in [0.15, 0.2) is 0 Å². The van der Waals surface area contributed by atoms with Crippen LogP contribution in [0.25, 0.3) is 0 Å². The summed E-state index contributed by atoms with van der Waals surface area (Å²) in [6.07, 6.45) is 4.08. The van der Waals surface area contributed by atoms with Crippen molar-refractivity contribution >= 4 is 5.82 Å². The van der Waals surface area contributed by atoms with Crippen molar-refractivity contribution in [3.8, 4) is 0 Å². The topological polar surface area (TPSA) is 24.9 Å². The molecule has 2 nitrogen and oxygen atoms in total. The molecule has 0 aliphatic heterocycles. The Bertz CT molecular complexity index is 294. The maximum absolute atomic E-state index is 4.38. The Kier molecular flexibility index (Phi) is 4.17. The first kappa shape index (κ1) is 10.8. The van der Waals surface area contributed by atoms with Crippen molar-refractivity contribution in [1.82, 2.24) is 4.98 Å². The second-order valence-electron chi connectivity index (χ2n) is 3.58. The Balaban J connectivity index is 2.47. The van der Waals surface area contributed by atoms with E-state index >= 15 is 0 Å². The third-order valence-electron chi connectivity index (χ3n) is 2.09. The number of rotatable bonds is 5. The van der Waals surface area contributed by atoms with Crippen LogP contribution in [-0.4, -0.2) is 11.0 Å². The molecule has 0 aliphatic carbocycles. The van der Waals surface area contributed by atoms with E-state index in [4.69, 9.17) is 0 Å². The molecule has 0 amide bonds. The second kappa shape index (κ2) is 5.43. The quantitative estimate of drug-likeness (QED) is 0.721. The lowest BCUT2D eigenvalue weighted by Crippen LogP contribution is -2.15. The molecule has 1 aromatic rings. The van der Waals surface area contributed by atoms with E-state index in [1.54, 1.807) is 0 Å². The Morgan fingerprint density at radius 3 is 3.00 bits per heavy atom. The van der Waals surface area contributed by atoms with Crippen molar-refractivity contribution in [2.75, 3.05) is 5.32 Å². The van der Waals surface area contributed by atoms with Crippen LogP contribution in [0.3, 0.4) is 0 Å². The lowest BCUT2D eigenvalue weighted by molar-refractivity contribution is 0.715. The molecule has 0 saturated heterocycles. The molecule has 0 saturated carbocycles. The predicted octanol–water partition coefficient (Wildman–Crippen LogP) is 3.16. The van der Waals surface area contributed by atoms with Gasteiger partial charge in [0.25, 0.3) is 0 Å². The first-order chi connectivity index (χ1) is 6.72. The molecule has 14 heavy (non-hydrogen) atoms. The Morgan fingerprint density at radius 1 is 1.57 bits per heavy atom. The van der Waals surface area contributed by atoms with Gasteiger partial charge < -0.3 is 5.32 Å². The lowest BCUT2D eigenvalue weighted by Gasteiger charge is -2.13. The normalized spacial score (nSPS) is 12.1. The van der Waals surface area contributed by atoms with Crippen LogP contribution in [0.4, 0.5) is 5.82 Å². The van der Waals surface area contributed by atoms with Gasteiger partial charge in [0, 0.05) is 11.7 Å². The van der Waals surface area contributed by atoms with Crippen LogP contribution in [-0.2, 0) is 0 Å². The van der Waals surface area contributed by atoms with Crippen molar-refractivity contribution in [2.45, 2.75) is 32.7 Å². The molecule has 2 heteroatoms. The highest BCUT2D eigenvalue weighted by Crippen LogP contribution is 2.08. The van der Waals surface area contributed by atoms with Crippen LogP contribution in [0.5, 0.6) is 0 Å². The fourth-order valence-corrected chi connectivity index (χ4v) is 1.32. The highest BCUT2D eigenvalue weighted by molar-refractivity contribution is 5.35. The number of aromatic nitrogens is 1. The number of aryl methyl sites for hydroxylation is 1. The zero-order valence-corrected chi connectivity index (χ0v) is 8.96. The van der Waals surface area contributed by atoms with Crippen molar-refractivity contribution in [3.05, 3.63) is 36.5 Å². The van der Waals surface area contributed by atoms with Crippen molar-refractivity contribution in [1.29, 1.82) is 0 Å². The summed E-state index contributed by atoms with van der Waals surface area (Å²) in [6, 6.07) is 6.46. The van der Waals surface area contributed by atoms with E-state index in [0.717, 1.165) is 24.4 Å². The van der Waals surface area contributed by atoms with Gasteiger partial charge in [-0.1, -0.05) is 12.1 Å². The number of hydrogen-bond donors (Lipinski definition) is 1. The number of pyridine rings is 1. The van der Waals surface area contributed by atoms with Crippen LogP contribution >= 0.6 is 0 Å². The first-order valence-electron chi connectivity index (χ1n) is 5.03. The van der Waals surface area contributed by atoms with Crippen molar-refractivity contribution in [2.24, 2.45) is 0 Å². The molecule has 0 spiro atoms. The van der Waals surface area contributed by atoms with E-state index in [2.05, 4.69) is 23.8 Å². The molecule has 0 aliphatic rings. The smallest absolute Gasteiger partial charge is 0.126 e. The standard InChI is InChI=1S/C12H18N2/c1-4-5-7-10(2)13-12-9-6-8-11(3)14-12/h4,6,8-10H,1,5,7H2,2-3H3,(H,13,14). The fourth-order valence-electron chi connectivity index (χ4n) is 1.32. The Hall–Kier alpha value is -1.31. The van der Waals surface area contributed by atoms with Gasteiger partial charge in [0.2, 0.25) is 0 Å². The van der Waals surface area contributed by atoms with E-state index in [9.17, 15) is 0 Å². The van der Waals surface area contributed by atoms with Crippen LogP contribution in [0.15, 0.2) is 30.9 Å².